The number of amides is 2. The number of carbonyl (C=O) groups excluding carboxylic acids is 2. The summed E-state index contributed by atoms with van der Waals surface area (Å²) in [5, 5.41) is 3.10. The van der Waals surface area contributed by atoms with Gasteiger partial charge in [-0.05, 0) is 67.8 Å². The molecule has 0 saturated heterocycles. The molecule has 4 rings (SSSR count). The van der Waals surface area contributed by atoms with Gasteiger partial charge in [-0.25, -0.2) is 0 Å². The third-order valence-corrected chi connectivity index (χ3v) is 9.05. The molecule has 28 heavy (non-hydrogen) atoms. The molecular formula is C23H36N2O3. The van der Waals surface area contributed by atoms with E-state index in [1.165, 1.54) is 19.3 Å². The average Bonchev–Trinajstić information content (AvgIpc) is 3.02. The molecule has 1 heterocycles. The van der Waals surface area contributed by atoms with E-state index >= 15 is 0 Å². The molecule has 0 aromatic rings. The van der Waals surface area contributed by atoms with Gasteiger partial charge in [-0.1, -0.05) is 19.9 Å². The Morgan fingerprint density at radius 1 is 1.21 bits per heavy atom. The fourth-order valence-electron chi connectivity index (χ4n) is 7.57. The second kappa shape index (κ2) is 7.16. The molecule has 5 heteroatoms. The van der Waals surface area contributed by atoms with Gasteiger partial charge in [0.05, 0.1) is 6.61 Å². The summed E-state index contributed by atoms with van der Waals surface area (Å²) in [6.45, 7) is 5.92. The van der Waals surface area contributed by atoms with Crippen molar-refractivity contribution in [2.45, 2.75) is 58.4 Å². The maximum atomic E-state index is 12.9. The summed E-state index contributed by atoms with van der Waals surface area (Å²) in [5.74, 6) is 2.42. The molecule has 0 radical (unpaired) electrons. The number of hydrogen-bond donors (Lipinski definition) is 1. The van der Waals surface area contributed by atoms with Crippen molar-refractivity contribution >= 4 is 11.8 Å². The van der Waals surface area contributed by atoms with Crippen molar-refractivity contribution in [2.24, 2.45) is 34.5 Å². The van der Waals surface area contributed by atoms with E-state index in [2.05, 4.69) is 25.2 Å². The number of nitrogens with zero attached hydrogens (tertiary/aromatic N) is 1. The smallest absolute Gasteiger partial charge is 0.246 e. The largest absolute Gasteiger partial charge is 0.383 e. The van der Waals surface area contributed by atoms with Crippen molar-refractivity contribution in [2.75, 3.05) is 27.3 Å². The van der Waals surface area contributed by atoms with Crippen LogP contribution in [-0.4, -0.2) is 50.1 Å². The number of methoxy groups -OCH3 is 1. The Hall–Kier alpha value is -1.36. The lowest BCUT2D eigenvalue weighted by Gasteiger charge is -2.60. The first-order valence-electron chi connectivity index (χ1n) is 11.1. The van der Waals surface area contributed by atoms with Crippen LogP contribution in [0.5, 0.6) is 0 Å². The van der Waals surface area contributed by atoms with Crippen LogP contribution in [0.25, 0.3) is 0 Å². The number of ether oxygens (including phenoxy) is 1. The Bertz CT molecular complexity index is 677. The van der Waals surface area contributed by atoms with E-state index in [0.717, 1.165) is 19.3 Å². The number of rotatable bonds is 4. The molecule has 3 fully saturated rings. The van der Waals surface area contributed by atoms with E-state index in [-0.39, 0.29) is 28.6 Å². The summed E-state index contributed by atoms with van der Waals surface area (Å²) in [4.78, 5) is 27.1. The molecule has 0 unspecified atom stereocenters. The predicted octanol–water partition coefficient (Wildman–Crippen LogP) is 3.00. The van der Waals surface area contributed by atoms with Crippen molar-refractivity contribution in [3.8, 4) is 0 Å². The number of likely N-dealkylation sites (N-methyl/N-ethyl adjacent to an activating group) is 1. The zero-order chi connectivity index (χ0) is 20.1. The van der Waals surface area contributed by atoms with Gasteiger partial charge in [0.2, 0.25) is 11.8 Å². The van der Waals surface area contributed by atoms with Gasteiger partial charge in [0.15, 0.2) is 0 Å². The quantitative estimate of drug-likeness (QED) is 0.753. The topological polar surface area (TPSA) is 58.6 Å². The maximum Gasteiger partial charge on any atom is 0.246 e. The molecule has 0 bridgehead atoms. The second-order valence-corrected chi connectivity index (χ2v) is 10.1. The highest BCUT2D eigenvalue weighted by molar-refractivity contribution is 5.89. The van der Waals surface area contributed by atoms with Crippen LogP contribution in [0, 0.1) is 34.5 Å². The molecule has 5 nitrogen and oxygen atoms in total. The molecule has 0 aromatic carbocycles. The van der Waals surface area contributed by atoms with Crippen LogP contribution in [0.1, 0.15) is 52.4 Å². The number of nitrogens with one attached hydrogen (secondary N) is 1. The van der Waals surface area contributed by atoms with Crippen molar-refractivity contribution in [3.05, 3.63) is 12.2 Å². The van der Waals surface area contributed by atoms with Crippen molar-refractivity contribution in [1.29, 1.82) is 0 Å². The van der Waals surface area contributed by atoms with E-state index in [4.69, 9.17) is 4.74 Å². The molecule has 156 valence electrons. The molecule has 0 spiro atoms. The summed E-state index contributed by atoms with van der Waals surface area (Å²) < 4.78 is 5.09. The molecule has 1 N–H and O–H groups in total. The summed E-state index contributed by atoms with van der Waals surface area (Å²) in [6, 6.07) is 0.324. The summed E-state index contributed by atoms with van der Waals surface area (Å²) in [6.07, 6.45) is 10.8. The average molecular weight is 389 g/mol. The van der Waals surface area contributed by atoms with Crippen LogP contribution in [-0.2, 0) is 14.3 Å². The Balaban J connectivity index is 1.54. The molecular weight excluding hydrogens is 352 g/mol. The van der Waals surface area contributed by atoms with Crippen LogP contribution in [0.4, 0.5) is 0 Å². The molecule has 3 aliphatic carbocycles. The molecule has 4 aliphatic rings. The minimum Gasteiger partial charge on any atom is -0.383 e. The Labute approximate surface area is 169 Å². The molecule has 0 aromatic heterocycles. The van der Waals surface area contributed by atoms with Crippen LogP contribution < -0.4 is 5.32 Å². The first-order valence-corrected chi connectivity index (χ1v) is 11.1. The van der Waals surface area contributed by atoms with E-state index in [0.29, 0.717) is 36.9 Å². The van der Waals surface area contributed by atoms with Gasteiger partial charge < -0.3 is 15.0 Å². The van der Waals surface area contributed by atoms with Crippen molar-refractivity contribution in [1.82, 2.24) is 10.2 Å². The predicted molar refractivity (Wildman–Crippen MR) is 108 cm³/mol. The highest BCUT2D eigenvalue weighted by Gasteiger charge is 2.61. The highest BCUT2D eigenvalue weighted by atomic mass is 16.5. The van der Waals surface area contributed by atoms with Gasteiger partial charge in [0, 0.05) is 38.1 Å². The van der Waals surface area contributed by atoms with Gasteiger partial charge in [-0.2, -0.15) is 0 Å². The summed E-state index contributed by atoms with van der Waals surface area (Å²) in [7, 11) is 3.64. The molecule has 3 saturated carbocycles. The van der Waals surface area contributed by atoms with Crippen molar-refractivity contribution < 1.29 is 14.3 Å². The van der Waals surface area contributed by atoms with Gasteiger partial charge >= 0.3 is 0 Å². The summed E-state index contributed by atoms with van der Waals surface area (Å²) >= 11 is 0. The fraction of sp³-hybridized carbons (Fsp3) is 0.826. The maximum absolute atomic E-state index is 12.9. The zero-order valence-electron chi connectivity index (χ0n) is 17.9. The van der Waals surface area contributed by atoms with Crippen LogP contribution >= 0.6 is 0 Å². The van der Waals surface area contributed by atoms with E-state index in [9.17, 15) is 9.59 Å². The van der Waals surface area contributed by atoms with Crippen LogP contribution in [0.15, 0.2) is 12.2 Å². The van der Waals surface area contributed by atoms with E-state index in [1.807, 2.05) is 11.9 Å². The Kier molecular flexibility index (Phi) is 5.09. The number of carbonyl (C=O) groups is 2. The van der Waals surface area contributed by atoms with Crippen LogP contribution in [0.2, 0.25) is 0 Å². The standard InChI is InChI=1S/C23H36N2O3/c1-22-11-9-17-15(5-8-19-23(17,2)12-10-20(26)25(19)3)16(22)6-7-18(22)21(27)24-13-14-28-4/h10,12,15-19H,5-9,11,13-14H2,1-4H3,(H,24,27)/t15-,16-,17-,18+,19+,22-,23+/m0/s1. The minimum atomic E-state index is 0.0751. The summed E-state index contributed by atoms with van der Waals surface area (Å²) in [5.41, 5.74) is 0.188. The van der Waals surface area contributed by atoms with Crippen LogP contribution in [0.3, 0.4) is 0 Å². The Morgan fingerprint density at radius 3 is 2.75 bits per heavy atom. The molecule has 2 amide bonds. The minimum absolute atomic E-state index is 0.0751. The number of hydrogen-bond acceptors (Lipinski definition) is 3. The third kappa shape index (κ3) is 2.84. The second-order valence-electron chi connectivity index (χ2n) is 10.1. The van der Waals surface area contributed by atoms with Gasteiger partial charge in [0.25, 0.3) is 0 Å². The molecule has 1 aliphatic heterocycles. The first kappa shape index (κ1) is 19.9. The zero-order valence-corrected chi connectivity index (χ0v) is 17.9. The van der Waals surface area contributed by atoms with E-state index in [1.54, 1.807) is 13.2 Å². The fourth-order valence-corrected chi connectivity index (χ4v) is 7.57. The van der Waals surface area contributed by atoms with Gasteiger partial charge in [-0.3, -0.25) is 9.59 Å². The SMILES string of the molecule is COCCNC(=O)[C@H]1CC[C@H]2[C@@H]3CC[C@H]4N(C)C(=O)C=C[C@]4(C)[C@H]3CC[C@]12C. The molecule has 7 atom stereocenters. The van der Waals surface area contributed by atoms with Gasteiger partial charge in [0.1, 0.15) is 0 Å². The lowest BCUT2D eigenvalue weighted by molar-refractivity contribution is -0.142. The normalized spacial score (nSPS) is 44.6. The van der Waals surface area contributed by atoms with E-state index < -0.39 is 0 Å². The monoisotopic (exact) mass is 388 g/mol. The lowest BCUT2D eigenvalue weighted by atomic mass is 9.47. The highest BCUT2D eigenvalue weighted by Crippen LogP contribution is 2.65. The lowest BCUT2D eigenvalue weighted by Crippen LogP contribution is -2.59. The number of fused-ring (bicyclic) bond motifs is 5. The first-order chi connectivity index (χ1) is 13.3. The van der Waals surface area contributed by atoms with Crippen molar-refractivity contribution in [3.63, 3.8) is 0 Å². The van der Waals surface area contributed by atoms with Gasteiger partial charge in [-0.15, -0.1) is 0 Å². The third-order valence-electron chi connectivity index (χ3n) is 9.05. The Morgan fingerprint density at radius 2 is 2.00 bits per heavy atom.